The van der Waals surface area contributed by atoms with Crippen molar-refractivity contribution in [3.8, 4) is 0 Å². The molecule has 1 unspecified atom stereocenters. The molecule has 0 aliphatic heterocycles. The maximum atomic E-state index is 12.6. The summed E-state index contributed by atoms with van der Waals surface area (Å²) < 4.78 is 43.1. The van der Waals surface area contributed by atoms with E-state index in [1.54, 1.807) is 0 Å². The van der Waals surface area contributed by atoms with Crippen LogP contribution >= 0.6 is 0 Å². The molecule has 1 heterocycles. The lowest BCUT2D eigenvalue weighted by Crippen LogP contribution is -2.39. The lowest BCUT2D eigenvalue weighted by molar-refractivity contribution is -0.137. The van der Waals surface area contributed by atoms with Gasteiger partial charge in [-0.15, -0.1) is 0 Å². The van der Waals surface area contributed by atoms with Gasteiger partial charge in [0, 0.05) is 24.6 Å². The van der Waals surface area contributed by atoms with Gasteiger partial charge in [0.25, 0.3) is 0 Å². The topological polar surface area (TPSA) is 62.5 Å². The van der Waals surface area contributed by atoms with Crippen LogP contribution in [0.4, 0.5) is 13.2 Å². The highest BCUT2D eigenvalue weighted by atomic mass is 19.4. The van der Waals surface area contributed by atoms with Crippen molar-refractivity contribution in [2.75, 3.05) is 13.1 Å². The van der Waals surface area contributed by atoms with Crippen LogP contribution < -0.4 is 10.6 Å². The van der Waals surface area contributed by atoms with Crippen LogP contribution in [0.1, 0.15) is 47.9 Å². The number of aromatic nitrogens is 1. The van der Waals surface area contributed by atoms with Gasteiger partial charge in [0.15, 0.2) is 5.96 Å². The summed E-state index contributed by atoms with van der Waals surface area (Å²) in [6.45, 7) is 9.40. The number of alkyl halides is 3. The van der Waals surface area contributed by atoms with Crippen molar-refractivity contribution >= 4 is 5.96 Å². The third-order valence-corrected chi connectivity index (χ3v) is 4.20. The maximum Gasteiger partial charge on any atom is 0.416 e. The van der Waals surface area contributed by atoms with Crippen LogP contribution in [0, 0.1) is 13.8 Å². The fraction of sp³-hybridized carbons (Fsp3) is 0.474. The molecule has 2 N–H and O–H groups in total. The molecule has 0 saturated carbocycles. The van der Waals surface area contributed by atoms with Crippen LogP contribution in [0.5, 0.6) is 0 Å². The van der Waals surface area contributed by atoms with Gasteiger partial charge < -0.3 is 15.2 Å². The zero-order valence-electron chi connectivity index (χ0n) is 15.9. The van der Waals surface area contributed by atoms with Gasteiger partial charge in [0.1, 0.15) is 5.76 Å². The van der Waals surface area contributed by atoms with E-state index in [0.29, 0.717) is 24.6 Å². The molecule has 0 amide bonds. The molecule has 1 aromatic heterocycles. The van der Waals surface area contributed by atoms with E-state index in [-0.39, 0.29) is 12.5 Å². The minimum atomic E-state index is -4.33. The first kappa shape index (κ1) is 20.8. The Balaban J connectivity index is 1.99. The molecule has 0 radical (unpaired) electrons. The Morgan fingerprint density at radius 2 is 1.85 bits per heavy atom. The minimum Gasteiger partial charge on any atom is -0.361 e. The number of rotatable bonds is 6. The van der Waals surface area contributed by atoms with E-state index >= 15 is 0 Å². The van der Waals surface area contributed by atoms with E-state index in [0.717, 1.165) is 29.2 Å². The second-order valence-electron chi connectivity index (χ2n) is 6.41. The molecular formula is C19H25F3N4O. The fourth-order valence-electron chi connectivity index (χ4n) is 2.86. The average molecular weight is 382 g/mol. The van der Waals surface area contributed by atoms with Crippen molar-refractivity contribution in [1.29, 1.82) is 0 Å². The Morgan fingerprint density at radius 1 is 1.19 bits per heavy atom. The summed E-state index contributed by atoms with van der Waals surface area (Å²) in [5.74, 6) is 1.58. The molecule has 0 spiro atoms. The van der Waals surface area contributed by atoms with Gasteiger partial charge in [-0.1, -0.05) is 24.2 Å². The number of benzene rings is 1. The van der Waals surface area contributed by atoms with Crippen molar-refractivity contribution in [2.45, 2.75) is 46.3 Å². The predicted octanol–water partition coefficient (Wildman–Crippen LogP) is 4.17. The maximum absolute atomic E-state index is 12.6. The number of nitrogens with zero attached hydrogens (tertiary/aromatic N) is 2. The molecule has 0 aliphatic carbocycles. The van der Waals surface area contributed by atoms with Crippen LogP contribution in [0.15, 0.2) is 33.8 Å². The zero-order valence-corrected chi connectivity index (χ0v) is 15.9. The molecule has 0 aliphatic rings. The fourth-order valence-corrected chi connectivity index (χ4v) is 2.86. The van der Waals surface area contributed by atoms with Crippen molar-refractivity contribution in [3.05, 3.63) is 52.4 Å². The van der Waals surface area contributed by atoms with Gasteiger partial charge in [-0.25, -0.2) is 4.99 Å². The van der Waals surface area contributed by atoms with Crippen LogP contribution in [-0.2, 0) is 12.7 Å². The first-order valence-electron chi connectivity index (χ1n) is 8.83. The van der Waals surface area contributed by atoms with E-state index in [2.05, 4.69) is 27.7 Å². The van der Waals surface area contributed by atoms with E-state index in [1.165, 1.54) is 12.1 Å². The number of guanidine groups is 1. The monoisotopic (exact) mass is 382 g/mol. The van der Waals surface area contributed by atoms with Crippen molar-refractivity contribution in [1.82, 2.24) is 15.8 Å². The quantitative estimate of drug-likeness (QED) is 0.581. The summed E-state index contributed by atoms with van der Waals surface area (Å²) in [7, 11) is 0. The Hall–Kier alpha value is -2.51. The van der Waals surface area contributed by atoms with Crippen LogP contribution in [0.2, 0.25) is 0 Å². The van der Waals surface area contributed by atoms with Gasteiger partial charge in [-0.05, 0) is 38.5 Å². The van der Waals surface area contributed by atoms with Crippen LogP contribution in [0.3, 0.4) is 0 Å². The molecule has 5 nitrogen and oxygen atoms in total. The molecule has 8 heteroatoms. The first-order valence-corrected chi connectivity index (χ1v) is 8.83. The SMILES string of the molecule is CCNC(=NCc1ccc(C(F)(F)F)cc1)NCC(C)c1c(C)noc1C. The van der Waals surface area contributed by atoms with Crippen LogP contribution in [-0.4, -0.2) is 24.2 Å². The summed E-state index contributed by atoms with van der Waals surface area (Å²) in [6, 6.07) is 5.04. The lowest BCUT2D eigenvalue weighted by atomic mass is 10.00. The van der Waals surface area contributed by atoms with E-state index in [1.807, 2.05) is 20.8 Å². The Kier molecular flexibility index (Phi) is 6.87. The summed E-state index contributed by atoms with van der Waals surface area (Å²) in [4.78, 5) is 4.45. The Morgan fingerprint density at radius 3 is 2.37 bits per heavy atom. The number of aryl methyl sites for hydroxylation is 2. The normalized spacial score (nSPS) is 13.5. The number of aliphatic imine (C=N–C) groups is 1. The van der Waals surface area contributed by atoms with Crippen molar-refractivity contribution < 1.29 is 17.7 Å². The van der Waals surface area contributed by atoms with Crippen LogP contribution in [0.25, 0.3) is 0 Å². The molecule has 0 bridgehead atoms. The standard InChI is InChI=1S/C19H25F3N4O/c1-5-23-18(24-10-12(2)17-13(3)26-27-14(17)4)25-11-15-6-8-16(9-7-15)19(20,21)22/h6-9,12H,5,10-11H2,1-4H3,(H2,23,24,25). The van der Waals surface area contributed by atoms with Gasteiger partial charge in [0.2, 0.25) is 0 Å². The minimum absolute atomic E-state index is 0.172. The highest BCUT2D eigenvalue weighted by molar-refractivity contribution is 5.79. The summed E-state index contributed by atoms with van der Waals surface area (Å²) >= 11 is 0. The van der Waals surface area contributed by atoms with Gasteiger partial charge >= 0.3 is 6.18 Å². The predicted molar refractivity (Wildman–Crippen MR) is 98.7 cm³/mol. The molecule has 2 rings (SSSR count). The highest BCUT2D eigenvalue weighted by Gasteiger charge is 2.29. The third kappa shape index (κ3) is 5.74. The second kappa shape index (κ2) is 8.92. The number of nitrogens with one attached hydrogen (secondary N) is 2. The second-order valence-corrected chi connectivity index (χ2v) is 6.41. The molecule has 148 valence electrons. The van der Waals surface area contributed by atoms with E-state index in [4.69, 9.17) is 4.52 Å². The smallest absolute Gasteiger partial charge is 0.361 e. The number of hydrogen-bond acceptors (Lipinski definition) is 3. The molecular weight excluding hydrogens is 357 g/mol. The zero-order chi connectivity index (χ0) is 20.0. The highest BCUT2D eigenvalue weighted by Crippen LogP contribution is 2.29. The number of halogens is 3. The van der Waals surface area contributed by atoms with Crippen molar-refractivity contribution in [2.24, 2.45) is 4.99 Å². The lowest BCUT2D eigenvalue weighted by Gasteiger charge is -2.16. The number of hydrogen-bond donors (Lipinski definition) is 2. The van der Waals surface area contributed by atoms with Gasteiger partial charge in [-0.3, -0.25) is 0 Å². The average Bonchev–Trinajstić information content (AvgIpc) is 2.95. The summed E-state index contributed by atoms with van der Waals surface area (Å²) in [5, 5.41) is 10.4. The molecule has 27 heavy (non-hydrogen) atoms. The molecule has 1 aromatic carbocycles. The summed E-state index contributed by atoms with van der Waals surface area (Å²) in [6.07, 6.45) is -4.33. The first-order chi connectivity index (χ1) is 12.7. The van der Waals surface area contributed by atoms with E-state index in [9.17, 15) is 13.2 Å². The summed E-state index contributed by atoms with van der Waals surface area (Å²) in [5.41, 5.74) is 1.99. The Labute approximate surface area is 157 Å². The Bertz CT molecular complexity index is 747. The molecule has 0 saturated heterocycles. The largest absolute Gasteiger partial charge is 0.416 e. The van der Waals surface area contributed by atoms with Gasteiger partial charge in [-0.2, -0.15) is 13.2 Å². The molecule has 0 fully saturated rings. The molecule has 1 atom stereocenters. The third-order valence-electron chi connectivity index (χ3n) is 4.20. The van der Waals surface area contributed by atoms with Crippen molar-refractivity contribution in [3.63, 3.8) is 0 Å². The van der Waals surface area contributed by atoms with E-state index < -0.39 is 11.7 Å². The molecule has 2 aromatic rings. The van der Waals surface area contributed by atoms with Gasteiger partial charge in [0.05, 0.1) is 17.8 Å².